The average molecular weight is 717 g/mol. The topological polar surface area (TPSA) is 159 Å². The van der Waals surface area contributed by atoms with Crippen LogP contribution in [0.4, 0.5) is 4.79 Å². The van der Waals surface area contributed by atoms with Gasteiger partial charge in [0, 0.05) is 38.6 Å². The summed E-state index contributed by atoms with van der Waals surface area (Å²) in [6.45, 7) is 14.1. The lowest BCUT2D eigenvalue weighted by Crippen LogP contribution is -2.63. The fourth-order valence-corrected chi connectivity index (χ4v) is 8.10. The predicted molar refractivity (Wildman–Crippen MR) is 189 cm³/mol. The van der Waals surface area contributed by atoms with Gasteiger partial charge in [0.15, 0.2) is 15.6 Å². The van der Waals surface area contributed by atoms with E-state index in [0.717, 1.165) is 12.8 Å². The van der Waals surface area contributed by atoms with E-state index in [1.165, 1.54) is 25.7 Å². The van der Waals surface area contributed by atoms with Gasteiger partial charge < -0.3 is 20.9 Å². The molecular weight excluding hydrogens is 644 g/mol. The number of likely N-dealkylation sites (tertiary alicyclic amines) is 1. The Morgan fingerprint density at radius 3 is 2.12 bits per heavy atom. The van der Waals surface area contributed by atoms with Crippen LogP contribution in [0.15, 0.2) is 0 Å². The molecule has 0 bridgehead atoms. The van der Waals surface area contributed by atoms with Crippen molar-refractivity contribution >= 4 is 39.2 Å². The van der Waals surface area contributed by atoms with Crippen LogP contribution in [0.25, 0.3) is 0 Å². The first kappa shape index (κ1) is 27.2. The summed E-state index contributed by atoms with van der Waals surface area (Å²) in [5, 5.41) is 7.02. The number of amides is 4. The molecule has 1 aliphatic heterocycles. The van der Waals surface area contributed by atoms with Crippen molar-refractivity contribution in [2.24, 2.45) is 28.6 Å². The van der Waals surface area contributed by atoms with Gasteiger partial charge in [-0.15, -0.1) is 0 Å². The van der Waals surface area contributed by atoms with Crippen LogP contribution >= 0.6 is 0 Å². The maximum atomic E-state index is 14.7. The third kappa shape index (κ3) is 8.87. The van der Waals surface area contributed by atoms with Crippen molar-refractivity contribution in [2.45, 2.75) is 161 Å². The van der Waals surface area contributed by atoms with Gasteiger partial charge >= 0.3 is 6.03 Å². The highest BCUT2D eigenvalue weighted by molar-refractivity contribution is 7.92. The minimum absolute atomic E-state index is 0.0763. The standard InChI is InChI=1S/C37H62N4O7S/c1-10-11-15-23(29(43)31(44)38-24-16-17-24)20-26(42)28-27-25(36(27,8)9)21-41(28)32(45)30(34(2,3)4)39-33(46)40-37(18-13-12-14-19-37)22-49(47,48)35(5,6)7/h23-25,27-28,30H,10-22H2,1-9H3,(H,38,44)(H2,39,40,46)/t23-,25+,27+,28-,30-/m1/s1/i12D2,13D2,14D2,18D2,19D2. The van der Waals surface area contributed by atoms with Crippen molar-refractivity contribution in [1.82, 2.24) is 20.9 Å². The fourth-order valence-electron chi connectivity index (χ4n) is 6.88. The second kappa shape index (κ2) is 14.3. The lowest BCUT2D eigenvalue weighted by molar-refractivity contribution is -0.145. The number of piperidine rings is 1. The molecule has 0 unspecified atom stereocenters. The number of sulfone groups is 1. The smallest absolute Gasteiger partial charge is 0.315 e. The van der Waals surface area contributed by atoms with E-state index in [1.54, 1.807) is 20.8 Å². The lowest BCUT2D eigenvalue weighted by atomic mass is 9.83. The van der Waals surface area contributed by atoms with E-state index in [1.807, 2.05) is 26.1 Å². The second-order valence-electron chi connectivity index (χ2n) is 16.8. The van der Waals surface area contributed by atoms with Crippen molar-refractivity contribution in [1.29, 1.82) is 0 Å². The number of carbonyl (C=O) groups excluding carboxylic acids is 5. The van der Waals surface area contributed by atoms with Gasteiger partial charge in [-0.2, -0.15) is 0 Å². The highest BCUT2D eigenvalue weighted by Gasteiger charge is 2.69. The summed E-state index contributed by atoms with van der Waals surface area (Å²) < 4.78 is 112. The number of carbonyl (C=O) groups is 5. The number of hydrogen-bond donors (Lipinski definition) is 3. The first-order valence-corrected chi connectivity index (χ1v) is 19.0. The van der Waals surface area contributed by atoms with Gasteiger partial charge in [0.25, 0.3) is 5.91 Å². The number of hydrogen-bond acceptors (Lipinski definition) is 7. The number of nitrogens with one attached hydrogen (secondary N) is 3. The van der Waals surface area contributed by atoms with Gasteiger partial charge in [0.2, 0.25) is 11.7 Å². The number of unbranched alkanes of at least 4 members (excludes halogenated alkanes) is 1. The Bertz CT molecular complexity index is 1810. The van der Waals surface area contributed by atoms with Gasteiger partial charge in [-0.1, -0.05) is 73.5 Å². The van der Waals surface area contributed by atoms with Gasteiger partial charge in [-0.3, -0.25) is 19.2 Å². The molecule has 4 fully saturated rings. The Hall–Kier alpha value is -2.50. The minimum Gasteiger partial charge on any atom is -0.347 e. The normalized spacial score (nSPS) is 34.0. The molecule has 278 valence electrons. The Morgan fingerprint density at radius 2 is 1.59 bits per heavy atom. The lowest BCUT2D eigenvalue weighted by Gasteiger charge is -2.41. The summed E-state index contributed by atoms with van der Waals surface area (Å²) in [5.41, 5.74) is -5.23. The van der Waals surface area contributed by atoms with Crippen LogP contribution < -0.4 is 16.0 Å². The molecule has 1 heterocycles. The monoisotopic (exact) mass is 716 g/mol. The highest BCUT2D eigenvalue weighted by Crippen LogP contribution is 2.65. The van der Waals surface area contributed by atoms with Crippen LogP contribution in [0.1, 0.15) is 146 Å². The number of Topliss-reactive ketones (excluding diaryl/α,β-unsaturated/α-hetero) is 2. The van der Waals surface area contributed by atoms with E-state index in [4.69, 9.17) is 13.7 Å². The summed E-state index contributed by atoms with van der Waals surface area (Å²) in [6.07, 6.45) is -17.0. The molecule has 0 aromatic heterocycles. The SMILES string of the molecule is [2H]C1([2H])C([2H])([2H])C([2H])([2H])C(CS(=O)(=O)C(C)(C)C)(NC(=O)N[C@H](C(=O)N2C[C@H]3[C@@H]([C@H]2C(=O)C[C@@H](CCCC)C(=O)C(=O)NC2CC2)C3(C)C)C(C)(C)C)C([2H])([2H])C1([2H])[2H]. The summed E-state index contributed by atoms with van der Waals surface area (Å²) in [7, 11) is -4.77. The number of urea groups is 1. The molecule has 0 radical (unpaired) electrons. The highest BCUT2D eigenvalue weighted by atomic mass is 32.2. The molecule has 0 spiro atoms. The van der Waals surface area contributed by atoms with Crippen LogP contribution in [0.5, 0.6) is 0 Å². The van der Waals surface area contributed by atoms with E-state index in [9.17, 15) is 32.4 Å². The van der Waals surface area contributed by atoms with E-state index in [0.29, 0.717) is 12.8 Å². The second-order valence-corrected chi connectivity index (χ2v) is 19.6. The number of nitrogens with zero attached hydrogens (tertiary/aromatic N) is 1. The Labute approximate surface area is 308 Å². The van der Waals surface area contributed by atoms with Gasteiger partial charge in [-0.25, -0.2) is 13.2 Å². The first-order chi connectivity index (χ1) is 26.3. The first-order valence-electron chi connectivity index (χ1n) is 22.3. The largest absolute Gasteiger partial charge is 0.347 e. The van der Waals surface area contributed by atoms with Crippen LogP contribution in [-0.4, -0.2) is 83.4 Å². The molecule has 5 atom stereocenters. The fraction of sp³-hybridized carbons (Fsp3) is 0.865. The maximum absolute atomic E-state index is 14.7. The Balaban J connectivity index is 1.74. The minimum atomic E-state index is -4.77. The third-order valence-electron chi connectivity index (χ3n) is 10.4. The van der Waals surface area contributed by atoms with Crippen molar-refractivity contribution < 1.29 is 46.1 Å². The molecular formula is C37H62N4O7S. The van der Waals surface area contributed by atoms with Crippen LogP contribution in [-0.2, 0) is 29.0 Å². The molecule has 0 aromatic rings. The summed E-state index contributed by atoms with van der Waals surface area (Å²) in [6, 6.07) is -4.31. The molecule has 0 aromatic carbocycles. The van der Waals surface area contributed by atoms with Crippen molar-refractivity contribution in [3.05, 3.63) is 0 Å². The quantitative estimate of drug-likeness (QED) is 0.220. The van der Waals surface area contributed by atoms with Crippen molar-refractivity contribution in [3.8, 4) is 0 Å². The van der Waals surface area contributed by atoms with Crippen LogP contribution in [0, 0.1) is 28.6 Å². The molecule has 4 rings (SSSR count). The summed E-state index contributed by atoms with van der Waals surface area (Å²) >= 11 is 0. The molecule has 1 saturated heterocycles. The molecule has 4 amide bonds. The Morgan fingerprint density at radius 1 is 0.980 bits per heavy atom. The van der Waals surface area contributed by atoms with E-state index in [-0.39, 0.29) is 42.7 Å². The van der Waals surface area contributed by atoms with E-state index < -0.39 is 111 Å². The van der Waals surface area contributed by atoms with Gasteiger partial charge in [-0.05, 0) is 75.4 Å². The zero-order valence-corrected chi connectivity index (χ0v) is 31.2. The molecule has 3 N–H and O–H groups in total. The molecule has 49 heavy (non-hydrogen) atoms. The molecule has 11 nitrogen and oxygen atoms in total. The van der Waals surface area contributed by atoms with Crippen molar-refractivity contribution in [3.63, 3.8) is 0 Å². The number of ketones is 2. The summed E-state index contributed by atoms with van der Waals surface area (Å²) in [5.74, 6) is -5.83. The molecule has 3 aliphatic carbocycles. The maximum Gasteiger partial charge on any atom is 0.315 e. The molecule has 4 aliphatic rings. The number of rotatable bonds is 14. The van der Waals surface area contributed by atoms with E-state index in [2.05, 4.69) is 10.6 Å². The average Bonchev–Trinajstić information content (AvgIpc) is 3.93. The molecule has 12 heteroatoms. The van der Waals surface area contributed by atoms with Crippen LogP contribution in [0.2, 0.25) is 0 Å². The zero-order valence-electron chi connectivity index (χ0n) is 40.3. The van der Waals surface area contributed by atoms with Crippen LogP contribution in [0.3, 0.4) is 0 Å². The summed E-state index contributed by atoms with van der Waals surface area (Å²) in [4.78, 5) is 70.7. The Kier molecular flexibility index (Phi) is 7.91. The third-order valence-corrected chi connectivity index (χ3v) is 13.1. The number of fused-ring (bicyclic) bond motifs is 1. The van der Waals surface area contributed by atoms with Crippen molar-refractivity contribution in [2.75, 3.05) is 12.3 Å². The van der Waals surface area contributed by atoms with E-state index >= 15 is 0 Å². The molecule has 3 saturated carbocycles. The zero-order chi connectivity index (χ0) is 45.7. The predicted octanol–water partition coefficient (Wildman–Crippen LogP) is 4.71. The van der Waals surface area contributed by atoms with Gasteiger partial charge in [0.05, 0.1) is 22.1 Å². The van der Waals surface area contributed by atoms with Gasteiger partial charge in [0.1, 0.15) is 6.04 Å².